The van der Waals surface area contributed by atoms with Gasteiger partial charge in [0.15, 0.2) is 12.2 Å². The number of ether oxygens (including phenoxy) is 4. The lowest BCUT2D eigenvalue weighted by molar-refractivity contribution is -0.161. The van der Waals surface area contributed by atoms with E-state index in [4.69, 9.17) is 37.0 Å². The van der Waals surface area contributed by atoms with Crippen molar-refractivity contribution in [2.75, 3.05) is 39.6 Å². The molecule has 19 heteroatoms. The van der Waals surface area contributed by atoms with Crippen LogP contribution in [0.15, 0.2) is 0 Å². The van der Waals surface area contributed by atoms with Crippen LogP contribution in [0, 0.1) is 11.8 Å². The third kappa shape index (κ3) is 79.3. The van der Waals surface area contributed by atoms with Gasteiger partial charge in [-0.05, 0) is 37.5 Å². The average molecular weight is 1580 g/mol. The third-order valence-corrected chi connectivity index (χ3v) is 23.6. The number of esters is 4. The fourth-order valence-electron chi connectivity index (χ4n) is 13.9. The lowest BCUT2D eigenvalue weighted by Gasteiger charge is -2.21. The number of hydrogen-bond donors (Lipinski definition) is 3. The predicted molar refractivity (Wildman–Crippen MR) is 446 cm³/mol. The van der Waals surface area contributed by atoms with Gasteiger partial charge in [0.05, 0.1) is 26.4 Å². The Balaban J connectivity index is 5.23. The standard InChI is InChI=1S/C89H174O17P2/c1-7-11-13-15-17-19-21-23-25-27-29-30-32-34-36-41-45-49-53-61-67-73-88(93)105-84(77-99-86(91)71-65-59-52-48-44-40-35-33-31-28-26-24-22-20-18-16-14-12-8-2)79-103-107(95,96)101-75-83(90)76-102-108(97,98)104-80-85(78-100-87(92)72-66-60-56-55-58-64-70-82(6)10-4)106-89(94)74-68-62-54-50-46-42-38-37-39-43-47-51-57-63-69-81(5)9-3/h81-85,90H,7-80H2,1-6H3,(H,95,96)(H,97,98)/t81?,82?,83-,84-,85-/m1/s1. The largest absolute Gasteiger partial charge is 0.472 e. The van der Waals surface area contributed by atoms with Gasteiger partial charge in [0, 0.05) is 25.7 Å². The molecule has 642 valence electrons. The van der Waals surface area contributed by atoms with Crippen molar-refractivity contribution in [3.63, 3.8) is 0 Å². The van der Waals surface area contributed by atoms with Gasteiger partial charge < -0.3 is 33.8 Å². The lowest BCUT2D eigenvalue weighted by atomic mass is 9.99. The Labute approximate surface area is 664 Å². The molecule has 3 N–H and O–H groups in total. The van der Waals surface area contributed by atoms with Crippen LogP contribution in [-0.4, -0.2) is 96.7 Å². The zero-order valence-electron chi connectivity index (χ0n) is 71.2. The smallest absolute Gasteiger partial charge is 0.462 e. The summed E-state index contributed by atoms with van der Waals surface area (Å²) >= 11 is 0. The van der Waals surface area contributed by atoms with Gasteiger partial charge in [-0.25, -0.2) is 9.13 Å². The van der Waals surface area contributed by atoms with E-state index in [0.29, 0.717) is 25.7 Å². The summed E-state index contributed by atoms with van der Waals surface area (Å²) in [6.07, 6.45) is 73.7. The molecule has 0 saturated carbocycles. The molecule has 0 radical (unpaired) electrons. The molecule has 0 rings (SSSR count). The van der Waals surface area contributed by atoms with E-state index < -0.39 is 97.5 Å². The van der Waals surface area contributed by atoms with Crippen LogP contribution in [0.5, 0.6) is 0 Å². The number of carbonyl (C=O) groups is 4. The van der Waals surface area contributed by atoms with Crippen LogP contribution < -0.4 is 0 Å². The van der Waals surface area contributed by atoms with Crippen LogP contribution in [0.1, 0.15) is 478 Å². The lowest BCUT2D eigenvalue weighted by Crippen LogP contribution is -2.30. The Morgan fingerprint density at radius 3 is 0.657 bits per heavy atom. The quantitative estimate of drug-likeness (QED) is 0.0222. The number of aliphatic hydroxyl groups is 1. The maximum Gasteiger partial charge on any atom is 0.472 e. The van der Waals surface area contributed by atoms with Gasteiger partial charge in [0.2, 0.25) is 0 Å². The minimum atomic E-state index is -4.97. The van der Waals surface area contributed by atoms with Gasteiger partial charge in [-0.15, -0.1) is 0 Å². The highest BCUT2D eigenvalue weighted by molar-refractivity contribution is 7.47. The molecule has 4 unspecified atom stereocenters. The predicted octanol–water partition coefficient (Wildman–Crippen LogP) is 27.4. The maximum atomic E-state index is 13.2. The SMILES string of the molecule is CCCCCCCCCCCCCCCCCCCCCCCC(=O)O[C@H](COC(=O)CCCCCCCCCCCCCCCCCCCCC)COP(=O)(O)OC[C@@H](O)COP(=O)(O)OC[C@@H](COC(=O)CCCCCCCCC(C)CC)OC(=O)CCCCCCCCCCCCCCCCC(C)CC. The van der Waals surface area contributed by atoms with E-state index in [1.165, 1.54) is 289 Å². The Morgan fingerprint density at radius 1 is 0.259 bits per heavy atom. The molecule has 0 saturated heterocycles. The van der Waals surface area contributed by atoms with Gasteiger partial charge in [-0.3, -0.25) is 37.3 Å². The van der Waals surface area contributed by atoms with Gasteiger partial charge in [0.1, 0.15) is 19.3 Å². The second-order valence-corrected chi connectivity index (χ2v) is 35.4. The third-order valence-electron chi connectivity index (χ3n) is 21.7. The van der Waals surface area contributed by atoms with E-state index >= 15 is 0 Å². The number of phosphoric acid groups is 2. The van der Waals surface area contributed by atoms with Crippen LogP contribution in [0.2, 0.25) is 0 Å². The van der Waals surface area contributed by atoms with Crippen LogP contribution in [0.3, 0.4) is 0 Å². The molecular weight excluding hydrogens is 1400 g/mol. The van der Waals surface area contributed by atoms with Crippen LogP contribution in [-0.2, 0) is 65.4 Å². The van der Waals surface area contributed by atoms with Crippen molar-refractivity contribution < 1.29 is 80.2 Å². The van der Waals surface area contributed by atoms with Crippen LogP contribution in [0.25, 0.3) is 0 Å². The minimum Gasteiger partial charge on any atom is -0.462 e. The van der Waals surface area contributed by atoms with Crippen molar-refractivity contribution in [1.82, 2.24) is 0 Å². The number of phosphoric ester groups is 2. The van der Waals surface area contributed by atoms with Gasteiger partial charge in [-0.1, -0.05) is 427 Å². The molecule has 0 aromatic carbocycles. The highest BCUT2D eigenvalue weighted by Gasteiger charge is 2.31. The first kappa shape index (κ1) is 106. The highest BCUT2D eigenvalue weighted by atomic mass is 31.2. The van der Waals surface area contributed by atoms with Gasteiger partial charge >= 0.3 is 39.5 Å². The molecule has 0 fully saturated rings. The van der Waals surface area contributed by atoms with E-state index in [0.717, 1.165) is 108 Å². The second-order valence-electron chi connectivity index (χ2n) is 32.5. The molecule has 0 aromatic heterocycles. The Bertz CT molecular complexity index is 2070. The van der Waals surface area contributed by atoms with Crippen molar-refractivity contribution in [2.45, 2.75) is 496 Å². The van der Waals surface area contributed by atoms with Gasteiger partial charge in [-0.2, -0.15) is 0 Å². The molecule has 0 aliphatic rings. The fourth-order valence-corrected chi connectivity index (χ4v) is 15.5. The molecule has 0 aliphatic carbocycles. The maximum absolute atomic E-state index is 13.2. The summed E-state index contributed by atoms with van der Waals surface area (Å²) in [5.41, 5.74) is 0. The first-order chi connectivity index (χ1) is 52.4. The number of aliphatic hydroxyl groups excluding tert-OH is 1. The van der Waals surface area contributed by atoms with Crippen molar-refractivity contribution in [2.24, 2.45) is 11.8 Å². The molecule has 108 heavy (non-hydrogen) atoms. The highest BCUT2D eigenvalue weighted by Crippen LogP contribution is 2.45. The zero-order chi connectivity index (χ0) is 79.2. The van der Waals surface area contributed by atoms with E-state index in [1.54, 1.807) is 0 Å². The summed E-state index contributed by atoms with van der Waals surface area (Å²) in [5.74, 6) is -0.524. The Morgan fingerprint density at radius 2 is 0.444 bits per heavy atom. The van der Waals surface area contributed by atoms with Crippen molar-refractivity contribution >= 4 is 39.5 Å². The molecule has 0 heterocycles. The first-order valence-corrected chi connectivity index (χ1v) is 49.1. The number of carbonyl (C=O) groups excluding carboxylic acids is 4. The van der Waals surface area contributed by atoms with Crippen LogP contribution >= 0.6 is 15.6 Å². The Kier molecular flexibility index (Phi) is 78.8. The van der Waals surface area contributed by atoms with Crippen molar-refractivity contribution in [1.29, 1.82) is 0 Å². The molecule has 7 atom stereocenters. The minimum absolute atomic E-state index is 0.107. The number of hydrogen-bond acceptors (Lipinski definition) is 15. The van der Waals surface area contributed by atoms with Crippen molar-refractivity contribution in [3.8, 4) is 0 Å². The molecule has 0 aliphatic heterocycles. The number of unbranched alkanes of at least 4 members (excludes halogenated alkanes) is 56. The molecule has 0 spiro atoms. The normalized spacial score (nSPS) is 14.3. The van der Waals surface area contributed by atoms with Crippen molar-refractivity contribution in [3.05, 3.63) is 0 Å². The summed E-state index contributed by atoms with van der Waals surface area (Å²) in [6.45, 7) is 9.70. The first-order valence-electron chi connectivity index (χ1n) is 46.1. The molecule has 0 bridgehead atoms. The summed E-state index contributed by atoms with van der Waals surface area (Å²) in [5, 5.41) is 10.7. The summed E-state index contributed by atoms with van der Waals surface area (Å²) < 4.78 is 69.0. The van der Waals surface area contributed by atoms with E-state index in [1.807, 2.05) is 0 Å². The Hall–Kier alpha value is -1.94. The second kappa shape index (κ2) is 80.3. The zero-order valence-corrected chi connectivity index (χ0v) is 73.0. The monoisotopic (exact) mass is 1580 g/mol. The number of rotatable bonds is 88. The average Bonchev–Trinajstić information content (AvgIpc) is 0.900. The fraction of sp³-hybridized carbons (Fsp3) is 0.955. The molecule has 0 amide bonds. The van der Waals surface area contributed by atoms with Crippen LogP contribution in [0.4, 0.5) is 0 Å². The topological polar surface area (TPSA) is 237 Å². The summed E-state index contributed by atoms with van der Waals surface area (Å²) in [4.78, 5) is 73.3. The van der Waals surface area contributed by atoms with E-state index in [9.17, 15) is 43.2 Å². The van der Waals surface area contributed by atoms with E-state index in [-0.39, 0.29) is 25.7 Å². The van der Waals surface area contributed by atoms with E-state index in [2.05, 4.69) is 41.5 Å². The molecule has 0 aromatic rings. The molecular formula is C89H174O17P2. The summed E-state index contributed by atoms with van der Waals surface area (Å²) in [7, 11) is -9.93. The molecule has 17 nitrogen and oxygen atoms in total. The van der Waals surface area contributed by atoms with Gasteiger partial charge in [0.25, 0.3) is 0 Å². The summed E-state index contributed by atoms with van der Waals surface area (Å²) in [6, 6.07) is 0.